The van der Waals surface area contributed by atoms with Gasteiger partial charge in [-0.25, -0.2) is 0 Å². The zero-order valence-corrected chi connectivity index (χ0v) is 10.4. The maximum atomic E-state index is 11.4. The molecule has 18 heavy (non-hydrogen) atoms. The highest BCUT2D eigenvalue weighted by Crippen LogP contribution is 2.20. The highest BCUT2D eigenvalue weighted by atomic mass is 16.5. The van der Waals surface area contributed by atoms with Gasteiger partial charge in [-0.15, -0.1) is 0 Å². The molecule has 94 valence electrons. The fourth-order valence-corrected chi connectivity index (χ4v) is 1.61. The maximum absolute atomic E-state index is 11.4. The van der Waals surface area contributed by atoms with Crippen molar-refractivity contribution < 1.29 is 9.53 Å². The number of hydrogen-bond acceptors (Lipinski definition) is 3. The first-order chi connectivity index (χ1) is 8.69. The molecular weight excluding hydrogens is 228 g/mol. The Labute approximate surface area is 107 Å². The van der Waals surface area contributed by atoms with Crippen LogP contribution in [-0.2, 0) is 4.79 Å². The minimum Gasteiger partial charge on any atom is -0.493 e. The number of aryl methyl sites for hydroxylation is 1. The van der Waals surface area contributed by atoms with Crippen LogP contribution in [0.3, 0.4) is 0 Å². The molecule has 2 rings (SSSR count). The second-order valence-corrected chi connectivity index (χ2v) is 4.53. The molecular formula is C14H16N2O2. The van der Waals surface area contributed by atoms with Crippen molar-refractivity contribution in [1.82, 2.24) is 5.32 Å². The molecule has 1 aromatic rings. The van der Waals surface area contributed by atoms with Crippen molar-refractivity contribution in [2.75, 3.05) is 6.61 Å². The summed E-state index contributed by atoms with van der Waals surface area (Å²) in [6, 6.07) is 7.76. The fraction of sp³-hybridized carbons (Fsp3) is 0.429. The number of nitrogens with one attached hydrogen (secondary N) is 1. The Morgan fingerprint density at radius 2 is 2.33 bits per heavy atom. The first kappa shape index (κ1) is 12.4. The van der Waals surface area contributed by atoms with Crippen LogP contribution in [0.15, 0.2) is 18.2 Å². The third-order valence-electron chi connectivity index (χ3n) is 2.85. The Morgan fingerprint density at radius 3 is 3.00 bits per heavy atom. The average molecular weight is 244 g/mol. The Bertz CT molecular complexity index is 487. The summed E-state index contributed by atoms with van der Waals surface area (Å²) in [4.78, 5) is 11.4. The first-order valence-electron chi connectivity index (χ1n) is 6.12. The van der Waals surface area contributed by atoms with Crippen LogP contribution in [0.1, 0.15) is 30.4 Å². The number of ether oxygens (including phenoxy) is 1. The van der Waals surface area contributed by atoms with E-state index in [1.807, 2.05) is 13.0 Å². The standard InChI is InChI=1S/C14H16N2O2/c1-10-2-3-11(9-15)8-13(10)18-7-6-14(17)16-12-4-5-12/h2-3,8,12H,4-7H2,1H3,(H,16,17). The van der Waals surface area contributed by atoms with Gasteiger partial charge in [-0.3, -0.25) is 4.79 Å². The minimum absolute atomic E-state index is 0.0339. The molecule has 1 N–H and O–H groups in total. The van der Waals surface area contributed by atoms with Crippen LogP contribution in [0.4, 0.5) is 0 Å². The maximum Gasteiger partial charge on any atom is 0.223 e. The van der Waals surface area contributed by atoms with E-state index < -0.39 is 0 Å². The fourth-order valence-electron chi connectivity index (χ4n) is 1.61. The number of hydrogen-bond donors (Lipinski definition) is 1. The summed E-state index contributed by atoms with van der Waals surface area (Å²) >= 11 is 0. The second-order valence-electron chi connectivity index (χ2n) is 4.53. The summed E-state index contributed by atoms with van der Waals surface area (Å²) < 4.78 is 5.54. The first-order valence-corrected chi connectivity index (χ1v) is 6.12. The molecule has 0 saturated heterocycles. The molecule has 1 aromatic carbocycles. The number of carbonyl (C=O) groups excluding carboxylic acids is 1. The van der Waals surface area contributed by atoms with Crippen molar-refractivity contribution in [2.45, 2.75) is 32.2 Å². The molecule has 4 heteroatoms. The lowest BCUT2D eigenvalue weighted by Crippen LogP contribution is -2.26. The molecule has 1 aliphatic rings. The van der Waals surface area contributed by atoms with Gasteiger partial charge in [0.25, 0.3) is 0 Å². The second kappa shape index (κ2) is 5.54. The monoisotopic (exact) mass is 244 g/mol. The lowest BCUT2D eigenvalue weighted by molar-refractivity contribution is -0.121. The quantitative estimate of drug-likeness (QED) is 0.860. The molecule has 4 nitrogen and oxygen atoms in total. The molecule has 1 aliphatic carbocycles. The van der Waals surface area contributed by atoms with E-state index in [2.05, 4.69) is 11.4 Å². The molecule has 0 radical (unpaired) electrons. The van der Waals surface area contributed by atoms with Gasteiger partial charge in [-0.1, -0.05) is 6.07 Å². The summed E-state index contributed by atoms with van der Waals surface area (Å²) in [6.07, 6.45) is 2.54. The summed E-state index contributed by atoms with van der Waals surface area (Å²) in [5.74, 6) is 0.708. The van der Waals surface area contributed by atoms with Gasteiger partial charge < -0.3 is 10.1 Å². The van der Waals surface area contributed by atoms with Crippen molar-refractivity contribution in [3.63, 3.8) is 0 Å². The third kappa shape index (κ3) is 3.49. The Morgan fingerprint density at radius 1 is 1.56 bits per heavy atom. The highest BCUT2D eigenvalue weighted by Gasteiger charge is 2.22. The van der Waals surface area contributed by atoms with Crippen molar-refractivity contribution in [2.24, 2.45) is 0 Å². The summed E-state index contributed by atoms with van der Waals surface area (Å²) in [7, 11) is 0. The SMILES string of the molecule is Cc1ccc(C#N)cc1OCCC(=O)NC1CC1. The molecule has 0 bridgehead atoms. The Hall–Kier alpha value is -2.02. The van der Waals surface area contributed by atoms with Crippen LogP contribution >= 0.6 is 0 Å². The van der Waals surface area contributed by atoms with Crippen LogP contribution in [0.25, 0.3) is 0 Å². The largest absolute Gasteiger partial charge is 0.493 e. The van der Waals surface area contributed by atoms with Gasteiger partial charge in [-0.2, -0.15) is 5.26 Å². The highest BCUT2D eigenvalue weighted by molar-refractivity contribution is 5.76. The number of amides is 1. The van der Waals surface area contributed by atoms with Crippen LogP contribution in [0.5, 0.6) is 5.75 Å². The van der Waals surface area contributed by atoms with Crippen molar-refractivity contribution in [3.05, 3.63) is 29.3 Å². The van der Waals surface area contributed by atoms with Gasteiger partial charge in [-0.05, 0) is 37.5 Å². The molecule has 0 atom stereocenters. The smallest absolute Gasteiger partial charge is 0.223 e. The minimum atomic E-state index is 0.0339. The van der Waals surface area contributed by atoms with Crippen LogP contribution in [0.2, 0.25) is 0 Å². The van der Waals surface area contributed by atoms with E-state index in [0.717, 1.165) is 18.4 Å². The van der Waals surface area contributed by atoms with E-state index in [9.17, 15) is 4.79 Å². The summed E-state index contributed by atoms with van der Waals surface area (Å²) in [6.45, 7) is 2.26. The predicted molar refractivity (Wildman–Crippen MR) is 67.2 cm³/mol. The molecule has 0 unspecified atom stereocenters. The van der Waals surface area contributed by atoms with Crippen molar-refractivity contribution in [1.29, 1.82) is 5.26 Å². The number of carbonyl (C=O) groups is 1. The Kier molecular flexibility index (Phi) is 3.83. The molecule has 1 amide bonds. The van der Waals surface area contributed by atoms with Gasteiger partial charge in [0.2, 0.25) is 5.91 Å². The van der Waals surface area contributed by atoms with Crippen molar-refractivity contribution >= 4 is 5.91 Å². The van der Waals surface area contributed by atoms with E-state index in [1.165, 1.54) is 0 Å². The normalized spacial score (nSPS) is 13.8. The Balaban J connectivity index is 1.81. The molecule has 0 heterocycles. The van der Waals surface area contributed by atoms with Gasteiger partial charge in [0, 0.05) is 6.04 Å². The van der Waals surface area contributed by atoms with E-state index in [0.29, 0.717) is 30.4 Å². The third-order valence-corrected chi connectivity index (χ3v) is 2.85. The topological polar surface area (TPSA) is 62.1 Å². The predicted octanol–water partition coefficient (Wildman–Crippen LogP) is 1.91. The van der Waals surface area contributed by atoms with Gasteiger partial charge in [0.05, 0.1) is 24.7 Å². The van der Waals surface area contributed by atoms with Gasteiger partial charge >= 0.3 is 0 Å². The zero-order valence-electron chi connectivity index (χ0n) is 10.4. The van der Waals surface area contributed by atoms with E-state index in [1.54, 1.807) is 12.1 Å². The lowest BCUT2D eigenvalue weighted by atomic mass is 10.1. The average Bonchev–Trinajstić information content (AvgIpc) is 3.15. The number of nitrogens with zero attached hydrogens (tertiary/aromatic N) is 1. The van der Waals surface area contributed by atoms with Gasteiger partial charge in [0.15, 0.2) is 0 Å². The molecule has 0 aliphatic heterocycles. The zero-order chi connectivity index (χ0) is 13.0. The van der Waals surface area contributed by atoms with Gasteiger partial charge in [0.1, 0.15) is 5.75 Å². The van der Waals surface area contributed by atoms with Crippen molar-refractivity contribution in [3.8, 4) is 11.8 Å². The molecule has 0 spiro atoms. The van der Waals surface area contributed by atoms with E-state index >= 15 is 0 Å². The number of rotatable bonds is 5. The molecule has 1 fully saturated rings. The molecule has 0 aromatic heterocycles. The lowest BCUT2D eigenvalue weighted by Gasteiger charge is -2.09. The van der Waals surface area contributed by atoms with E-state index in [-0.39, 0.29) is 5.91 Å². The summed E-state index contributed by atoms with van der Waals surface area (Å²) in [5.41, 5.74) is 1.54. The number of benzene rings is 1. The number of nitriles is 1. The summed E-state index contributed by atoms with van der Waals surface area (Å²) in [5, 5.41) is 11.7. The molecule has 1 saturated carbocycles. The van der Waals surface area contributed by atoms with Crippen LogP contribution < -0.4 is 10.1 Å². The van der Waals surface area contributed by atoms with Crippen LogP contribution in [-0.4, -0.2) is 18.6 Å². The van der Waals surface area contributed by atoms with Crippen LogP contribution in [0, 0.1) is 18.3 Å². The van der Waals surface area contributed by atoms with E-state index in [4.69, 9.17) is 10.00 Å².